The van der Waals surface area contributed by atoms with Crippen LogP contribution in [0.25, 0.3) is 0 Å². The molecular formula is C29H58ClO2P. The van der Waals surface area contributed by atoms with E-state index in [0.29, 0.717) is 12.8 Å². The molecule has 0 aliphatic carbocycles. The summed E-state index contributed by atoms with van der Waals surface area (Å²) in [5, 5.41) is 0. The number of ether oxygens (including phenoxy) is 1. The number of carbonyl (C=O) groups is 1. The van der Waals surface area contributed by atoms with Crippen LogP contribution in [0.15, 0.2) is 12.7 Å². The van der Waals surface area contributed by atoms with Crippen molar-refractivity contribution in [2.45, 2.75) is 136 Å². The van der Waals surface area contributed by atoms with Crippen molar-refractivity contribution in [2.75, 3.05) is 31.3 Å². The predicted octanol–water partition coefficient (Wildman–Crippen LogP) is 10.5. The molecule has 0 atom stereocenters. The molecule has 33 heavy (non-hydrogen) atoms. The van der Waals surface area contributed by atoms with Crippen LogP contribution in [0.4, 0.5) is 0 Å². The molecule has 0 unspecified atom stereocenters. The van der Waals surface area contributed by atoms with Gasteiger partial charge in [-0.25, -0.2) is 0 Å². The molecular weight excluding hydrogens is 447 g/mol. The molecule has 0 aromatic rings. The molecule has 0 aromatic carbocycles. The van der Waals surface area contributed by atoms with Gasteiger partial charge in [-0.3, -0.25) is 0 Å². The van der Waals surface area contributed by atoms with Crippen molar-refractivity contribution in [1.29, 1.82) is 0 Å². The SMILES string of the molecule is C=CCOC(=O)CP(Cl)(CCCCCCCC)(CCCCCCCC)CCCCCCCC. The van der Waals surface area contributed by atoms with Gasteiger partial charge in [-0.15, -0.1) is 0 Å². The molecule has 0 amide bonds. The maximum atomic E-state index is 12.8. The molecule has 4 heteroatoms. The van der Waals surface area contributed by atoms with Gasteiger partial charge in [0, 0.05) is 0 Å². The van der Waals surface area contributed by atoms with Crippen molar-refractivity contribution in [1.82, 2.24) is 0 Å². The van der Waals surface area contributed by atoms with Gasteiger partial charge in [-0.2, -0.15) is 0 Å². The van der Waals surface area contributed by atoms with E-state index in [2.05, 4.69) is 27.4 Å². The van der Waals surface area contributed by atoms with Gasteiger partial charge in [-0.1, -0.05) is 0 Å². The number of unbranched alkanes of at least 4 members (excludes halogenated alkanes) is 15. The zero-order valence-corrected chi connectivity index (χ0v) is 24.3. The normalized spacial score (nSPS) is 12.9. The summed E-state index contributed by atoms with van der Waals surface area (Å²) in [6, 6.07) is 0. The van der Waals surface area contributed by atoms with E-state index in [-0.39, 0.29) is 5.97 Å². The molecule has 0 bridgehead atoms. The Labute approximate surface area is 212 Å². The first kappa shape index (κ1) is 32.9. The summed E-state index contributed by atoms with van der Waals surface area (Å²) in [6.45, 7) is 10.8. The number of rotatable bonds is 25. The third-order valence-electron chi connectivity index (χ3n) is 7.10. The van der Waals surface area contributed by atoms with Crippen molar-refractivity contribution in [3.05, 3.63) is 12.7 Å². The summed E-state index contributed by atoms with van der Waals surface area (Å²) in [5.41, 5.74) is 0. The molecule has 0 aliphatic rings. The summed E-state index contributed by atoms with van der Waals surface area (Å²) in [6.07, 6.45) is 28.3. The van der Waals surface area contributed by atoms with Crippen LogP contribution in [0.1, 0.15) is 136 Å². The maximum absolute atomic E-state index is 12.8. The third kappa shape index (κ3) is 17.9. The molecule has 0 saturated carbocycles. The van der Waals surface area contributed by atoms with E-state index in [4.69, 9.17) is 16.0 Å². The number of carbonyl (C=O) groups excluding carboxylic acids is 1. The minimum atomic E-state index is -2.65. The molecule has 2 nitrogen and oxygen atoms in total. The summed E-state index contributed by atoms with van der Waals surface area (Å²) < 4.78 is 5.48. The standard InChI is InChI=1S/C29H58ClO2P/c1-5-9-12-15-18-21-25-33(30,28-29(31)32-24-8-4,26-22-19-16-13-10-6-2)27-23-20-17-14-11-7-3/h8H,4-7,9-28H2,1-3H3. The first-order valence-electron chi connectivity index (χ1n) is 14.4. The molecule has 0 rings (SSSR count). The van der Waals surface area contributed by atoms with Crippen molar-refractivity contribution in [3.8, 4) is 0 Å². The Kier molecular flexibility index (Phi) is 21.2. The number of hydrogen-bond acceptors (Lipinski definition) is 2. The van der Waals surface area contributed by atoms with Gasteiger partial charge in [0.2, 0.25) is 0 Å². The minimum absolute atomic E-state index is 0.0921. The summed E-state index contributed by atoms with van der Waals surface area (Å²) in [7, 11) is 0. The fraction of sp³-hybridized carbons (Fsp3) is 0.897. The van der Waals surface area contributed by atoms with Crippen LogP contribution in [0.5, 0.6) is 0 Å². The van der Waals surface area contributed by atoms with Crippen LogP contribution in [0.3, 0.4) is 0 Å². The van der Waals surface area contributed by atoms with Gasteiger partial charge >= 0.3 is 213 Å². The van der Waals surface area contributed by atoms with Crippen molar-refractivity contribution in [3.63, 3.8) is 0 Å². The topological polar surface area (TPSA) is 26.3 Å². The van der Waals surface area contributed by atoms with E-state index >= 15 is 0 Å². The Balaban J connectivity index is 5.18. The monoisotopic (exact) mass is 504 g/mol. The zero-order valence-electron chi connectivity index (χ0n) is 22.7. The number of esters is 1. The van der Waals surface area contributed by atoms with E-state index in [9.17, 15) is 4.79 Å². The Hall–Kier alpha value is -0.0700. The third-order valence-corrected chi connectivity index (χ3v) is 14.3. The Morgan fingerprint density at radius 1 is 0.667 bits per heavy atom. The van der Waals surface area contributed by atoms with Gasteiger partial charge in [0.1, 0.15) is 0 Å². The Bertz CT molecular complexity index is 437. The van der Waals surface area contributed by atoms with Crippen molar-refractivity contribution >= 4 is 23.2 Å². The second kappa shape index (κ2) is 21.2. The van der Waals surface area contributed by atoms with E-state index in [0.717, 1.165) is 18.5 Å². The molecule has 0 aliphatic heterocycles. The molecule has 0 radical (unpaired) electrons. The second-order valence-corrected chi connectivity index (χ2v) is 18.6. The Morgan fingerprint density at radius 3 is 1.33 bits per heavy atom. The van der Waals surface area contributed by atoms with Gasteiger partial charge < -0.3 is 0 Å². The molecule has 0 spiro atoms. The summed E-state index contributed by atoms with van der Waals surface area (Å²) in [4.78, 5) is 12.8. The van der Waals surface area contributed by atoms with Gasteiger partial charge in [0.15, 0.2) is 0 Å². The van der Waals surface area contributed by atoms with Crippen LogP contribution < -0.4 is 0 Å². The fourth-order valence-electron chi connectivity index (χ4n) is 4.95. The van der Waals surface area contributed by atoms with Crippen LogP contribution >= 0.6 is 17.2 Å². The Morgan fingerprint density at radius 2 is 1.00 bits per heavy atom. The fourth-order valence-corrected chi connectivity index (χ4v) is 11.2. The van der Waals surface area contributed by atoms with Crippen LogP contribution in [0.2, 0.25) is 0 Å². The summed E-state index contributed by atoms with van der Waals surface area (Å²) >= 11 is 7.80. The molecule has 0 aromatic heterocycles. The van der Waals surface area contributed by atoms with Gasteiger partial charge in [0.25, 0.3) is 0 Å². The van der Waals surface area contributed by atoms with E-state index in [1.807, 2.05) is 0 Å². The molecule has 0 N–H and O–H groups in total. The van der Waals surface area contributed by atoms with Crippen molar-refractivity contribution < 1.29 is 9.53 Å². The number of hydrogen-bond donors (Lipinski definition) is 0. The quantitative estimate of drug-likeness (QED) is 0.0534. The van der Waals surface area contributed by atoms with Crippen LogP contribution in [0, 0.1) is 0 Å². The summed E-state index contributed by atoms with van der Waals surface area (Å²) in [5.74, 6) is -2.74. The van der Waals surface area contributed by atoms with E-state index in [1.54, 1.807) is 6.08 Å². The molecule has 198 valence electrons. The van der Waals surface area contributed by atoms with E-state index in [1.165, 1.54) is 116 Å². The zero-order chi connectivity index (χ0) is 24.7. The molecule has 0 fully saturated rings. The first-order valence-corrected chi connectivity index (χ1v) is 18.3. The van der Waals surface area contributed by atoms with Crippen LogP contribution in [-0.2, 0) is 9.53 Å². The predicted molar refractivity (Wildman–Crippen MR) is 154 cm³/mol. The van der Waals surface area contributed by atoms with Gasteiger partial charge in [-0.05, 0) is 0 Å². The first-order chi connectivity index (χ1) is 15.9. The van der Waals surface area contributed by atoms with Crippen LogP contribution in [-0.4, -0.2) is 37.2 Å². The van der Waals surface area contributed by atoms with Crippen molar-refractivity contribution in [2.24, 2.45) is 0 Å². The van der Waals surface area contributed by atoms with Gasteiger partial charge in [0.05, 0.1) is 0 Å². The molecule has 0 heterocycles. The second-order valence-electron chi connectivity index (χ2n) is 10.4. The number of halogens is 1. The average molecular weight is 505 g/mol. The average Bonchev–Trinajstić information content (AvgIpc) is 2.80. The van der Waals surface area contributed by atoms with E-state index < -0.39 is 5.96 Å². The molecule has 0 saturated heterocycles.